The first-order valence-electron chi connectivity index (χ1n) is 15.3. The molecule has 7 rings (SSSR count). The molecule has 0 aliphatic carbocycles. The molecule has 0 amide bonds. The summed E-state index contributed by atoms with van der Waals surface area (Å²) in [5.41, 5.74) is 8.64. The molecule has 0 unspecified atom stereocenters. The second-order valence-electron chi connectivity index (χ2n) is 10.8. The summed E-state index contributed by atoms with van der Waals surface area (Å²) in [6.07, 6.45) is 1.72. The van der Waals surface area contributed by atoms with E-state index in [0.29, 0.717) is 13.1 Å². The molecule has 0 radical (unpaired) electrons. The van der Waals surface area contributed by atoms with Gasteiger partial charge in [-0.2, -0.15) is 0 Å². The summed E-state index contributed by atoms with van der Waals surface area (Å²) < 4.78 is 4.13. The number of hydrogen-bond donors (Lipinski definition) is 0. The Bertz CT molecular complexity index is 1810. The minimum atomic E-state index is -1.21. The van der Waals surface area contributed by atoms with Gasteiger partial charge in [0.1, 0.15) is 10.9 Å². The SMILES string of the molecule is c1ccc(CCn2nnc(P(c3ccccc3)c3nnn(CCc4ccccc4)c3-c3ccccc3)c2-c2ccccc2)cc1. The lowest BCUT2D eigenvalue weighted by Gasteiger charge is -2.18. The summed E-state index contributed by atoms with van der Waals surface area (Å²) in [6, 6.07) is 52.7. The highest BCUT2D eigenvalue weighted by Gasteiger charge is 2.32. The highest BCUT2D eigenvalue weighted by molar-refractivity contribution is 7.79. The molecule has 0 saturated carbocycles. The number of aromatic nitrogens is 6. The third-order valence-corrected chi connectivity index (χ3v) is 10.1. The van der Waals surface area contributed by atoms with Crippen LogP contribution in [0.5, 0.6) is 0 Å². The maximum absolute atomic E-state index is 4.96. The van der Waals surface area contributed by atoms with Gasteiger partial charge in [0.2, 0.25) is 0 Å². The minimum Gasteiger partial charge on any atom is -0.244 e. The second-order valence-corrected chi connectivity index (χ2v) is 12.9. The monoisotopic (exact) mass is 604 g/mol. The van der Waals surface area contributed by atoms with Crippen LogP contribution in [0.1, 0.15) is 11.1 Å². The van der Waals surface area contributed by atoms with Gasteiger partial charge in [-0.15, -0.1) is 10.2 Å². The average molecular weight is 605 g/mol. The van der Waals surface area contributed by atoms with Crippen molar-refractivity contribution in [1.82, 2.24) is 30.0 Å². The highest BCUT2D eigenvalue weighted by atomic mass is 31.1. The summed E-state index contributed by atoms with van der Waals surface area (Å²) in [5.74, 6) is 0. The minimum absolute atomic E-state index is 0.717. The van der Waals surface area contributed by atoms with Crippen molar-refractivity contribution in [3.05, 3.63) is 163 Å². The fraction of sp³-hybridized carbons (Fsp3) is 0.105. The lowest BCUT2D eigenvalue weighted by atomic mass is 10.1. The van der Waals surface area contributed by atoms with E-state index in [9.17, 15) is 0 Å². The van der Waals surface area contributed by atoms with Crippen molar-refractivity contribution >= 4 is 24.1 Å². The average Bonchev–Trinajstić information content (AvgIpc) is 3.73. The first-order chi connectivity index (χ1) is 22.3. The topological polar surface area (TPSA) is 61.4 Å². The van der Waals surface area contributed by atoms with Crippen molar-refractivity contribution in [3.8, 4) is 22.5 Å². The Balaban J connectivity index is 1.38. The van der Waals surface area contributed by atoms with Gasteiger partial charge in [-0.25, -0.2) is 9.36 Å². The summed E-state index contributed by atoms with van der Waals surface area (Å²) in [5, 5.41) is 20.7. The van der Waals surface area contributed by atoms with Gasteiger partial charge in [-0.3, -0.25) is 0 Å². The maximum Gasteiger partial charge on any atom is 0.124 e. The zero-order valence-corrected chi connectivity index (χ0v) is 25.8. The smallest absolute Gasteiger partial charge is 0.124 e. The Morgan fingerprint density at radius 1 is 0.422 bits per heavy atom. The van der Waals surface area contributed by atoms with Crippen LogP contribution in [-0.4, -0.2) is 30.0 Å². The standard InChI is InChI=1S/C38H33N6P/c1-6-16-30(17-7-1)26-28-43-35(32-20-10-3-11-21-32)37(39-41-43)45(34-24-14-5-15-25-34)38-36(33-22-12-4-13-23-33)44(42-40-38)29-27-31-18-8-2-9-19-31/h1-25H,26-29H2. The summed E-state index contributed by atoms with van der Waals surface area (Å²) in [7, 11) is -1.21. The summed E-state index contributed by atoms with van der Waals surface area (Å²) in [4.78, 5) is 0. The molecule has 0 atom stereocenters. The van der Waals surface area contributed by atoms with E-state index in [4.69, 9.17) is 20.6 Å². The molecule has 0 N–H and O–H groups in total. The zero-order valence-electron chi connectivity index (χ0n) is 24.9. The van der Waals surface area contributed by atoms with Gasteiger partial charge in [0.15, 0.2) is 0 Å². The van der Waals surface area contributed by atoms with Crippen LogP contribution in [0.15, 0.2) is 152 Å². The van der Waals surface area contributed by atoms with Crippen LogP contribution < -0.4 is 16.2 Å². The van der Waals surface area contributed by atoms with Gasteiger partial charge >= 0.3 is 0 Å². The van der Waals surface area contributed by atoms with E-state index in [2.05, 4.69) is 149 Å². The molecular formula is C38H33N6P. The third kappa shape index (κ3) is 6.38. The number of benzene rings is 5. The Hall–Kier alpha value is -5.19. The van der Waals surface area contributed by atoms with Gasteiger partial charge < -0.3 is 0 Å². The molecule has 7 aromatic rings. The van der Waals surface area contributed by atoms with E-state index < -0.39 is 7.92 Å². The number of nitrogens with zero attached hydrogens (tertiary/aromatic N) is 6. The van der Waals surface area contributed by atoms with Gasteiger partial charge in [-0.1, -0.05) is 162 Å². The van der Waals surface area contributed by atoms with E-state index in [1.807, 2.05) is 12.1 Å². The molecule has 2 heterocycles. The Labute approximate surface area is 264 Å². The predicted octanol–water partition coefficient (Wildman–Crippen LogP) is 6.45. The van der Waals surface area contributed by atoms with Crippen LogP contribution >= 0.6 is 7.92 Å². The Morgan fingerprint density at radius 3 is 1.18 bits per heavy atom. The molecule has 0 bridgehead atoms. The molecule has 2 aromatic heterocycles. The van der Waals surface area contributed by atoms with E-state index in [-0.39, 0.29) is 0 Å². The molecule has 0 aliphatic rings. The molecule has 6 nitrogen and oxygen atoms in total. The quantitative estimate of drug-likeness (QED) is 0.159. The molecule has 5 aromatic carbocycles. The van der Waals surface area contributed by atoms with E-state index in [1.165, 1.54) is 11.1 Å². The van der Waals surface area contributed by atoms with Gasteiger partial charge in [-0.05, 0) is 29.3 Å². The third-order valence-electron chi connectivity index (χ3n) is 7.88. The normalized spacial score (nSPS) is 11.2. The second kappa shape index (κ2) is 13.6. The van der Waals surface area contributed by atoms with Crippen LogP contribution in [-0.2, 0) is 25.9 Å². The van der Waals surface area contributed by atoms with Gasteiger partial charge in [0.25, 0.3) is 0 Å². The van der Waals surface area contributed by atoms with Crippen molar-refractivity contribution < 1.29 is 0 Å². The van der Waals surface area contributed by atoms with Crippen molar-refractivity contribution in [3.63, 3.8) is 0 Å². The molecular weight excluding hydrogens is 571 g/mol. The number of rotatable bonds is 11. The zero-order chi connectivity index (χ0) is 30.3. The molecule has 0 spiro atoms. The van der Waals surface area contributed by atoms with Crippen LogP contribution in [0.2, 0.25) is 0 Å². The summed E-state index contributed by atoms with van der Waals surface area (Å²) in [6.45, 7) is 1.43. The predicted molar refractivity (Wildman–Crippen MR) is 183 cm³/mol. The lowest BCUT2D eigenvalue weighted by Crippen LogP contribution is -2.26. The summed E-state index contributed by atoms with van der Waals surface area (Å²) >= 11 is 0. The van der Waals surface area contributed by atoms with Crippen molar-refractivity contribution in [1.29, 1.82) is 0 Å². The Kier molecular flexibility index (Phi) is 8.65. The van der Waals surface area contributed by atoms with Crippen molar-refractivity contribution in [2.75, 3.05) is 0 Å². The van der Waals surface area contributed by atoms with Gasteiger partial charge in [0.05, 0.1) is 11.4 Å². The van der Waals surface area contributed by atoms with Crippen LogP contribution in [0.25, 0.3) is 22.5 Å². The van der Waals surface area contributed by atoms with Gasteiger partial charge in [0, 0.05) is 32.1 Å². The fourth-order valence-electron chi connectivity index (χ4n) is 5.65. The van der Waals surface area contributed by atoms with E-state index in [1.54, 1.807) is 0 Å². The van der Waals surface area contributed by atoms with Crippen LogP contribution in [0.4, 0.5) is 0 Å². The van der Waals surface area contributed by atoms with E-state index in [0.717, 1.165) is 51.5 Å². The fourth-order valence-corrected chi connectivity index (χ4v) is 7.98. The van der Waals surface area contributed by atoms with E-state index >= 15 is 0 Å². The van der Waals surface area contributed by atoms with Crippen molar-refractivity contribution in [2.45, 2.75) is 25.9 Å². The largest absolute Gasteiger partial charge is 0.244 e. The molecule has 0 saturated heterocycles. The number of aryl methyl sites for hydroxylation is 4. The molecule has 0 aliphatic heterocycles. The highest BCUT2D eigenvalue weighted by Crippen LogP contribution is 2.39. The molecule has 7 heteroatoms. The Morgan fingerprint density at radius 2 is 0.778 bits per heavy atom. The van der Waals surface area contributed by atoms with Crippen LogP contribution in [0, 0.1) is 0 Å². The number of hydrogen-bond acceptors (Lipinski definition) is 4. The molecule has 220 valence electrons. The first-order valence-corrected chi connectivity index (χ1v) is 16.6. The molecule has 45 heavy (non-hydrogen) atoms. The van der Waals surface area contributed by atoms with Crippen LogP contribution in [0.3, 0.4) is 0 Å². The molecule has 0 fully saturated rings. The maximum atomic E-state index is 4.96. The lowest BCUT2D eigenvalue weighted by molar-refractivity contribution is 0.595. The van der Waals surface area contributed by atoms with Crippen molar-refractivity contribution in [2.24, 2.45) is 0 Å². The first kappa shape index (κ1) is 28.6.